The molecule has 1 aliphatic rings. The van der Waals surface area contributed by atoms with E-state index in [2.05, 4.69) is 10.2 Å². The van der Waals surface area contributed by atoms with Crippen LogP contribution < -0.4 is 0 Å². The van der Waals surface area contributed by atoms with E-state index in [1.165, 1.54) is 0 Å². The SMILES string of the molecule is O=C1C(=Cc2[nH]nc3ccccc23)C(=O)c2ccccc21. The minimum absolute atomic E-state index is 0.186. The van der Waals surface area contributed by atoms with Crippen molar-refractivity contribution in [2.45, 2.75) is 0 Å². The van der Waals surface area contributed by atoms with Gasteiger partial charge in [-0.25, -0.2) is 0 Å². The first kappa shape index (κ1) is 11.8. The summed E-state index contributed by atoms with van der Waals surface area (Å²) in [6.45, 7) is 0. The van der Waals surface area contributed by atoms with Crippen LogP contribution in [0.2, 0.25) is 0 Å². The molecule has 0 aliphatic heterocycles. The molecule has 0 saturated heterocycles. The maximum absolute atomic E-state index is 12.3. The van der Waals surface area contributed by atoms with Crippen molar-refractivity contribution in [2.75, 3.05) is 0 Å². The second-order valence-corrected chi connectivity index (χ2v) is 4.92. The van der Waals surface area contributed by atoms with Crippen LogP contribution in [-0.2, 0) is 0 Å². The number of aromatic amines is 1. The molecule has 1 N–H and O–H groups in total. The minimum atomic E-state index is -0.228. The monoisotopic (exact) mass is 274 g/mol. The van der Waals surface area contributed by atoms with E-state index in [1.54, 1.807) is 30.3 Å². The summed E-state index contributed by atoms with van der Waals surface area (Å²) in [6.07, 6.45) is 1.60. The average Bonchev–Trinajstić information content (AvgIpc) is 3.04. The molecule has 0 spiro atoms. The first-order valence-corrected chi connectivity index (χ1v) is 6.59. The maximum atomic E-state index is 12.3. The average molecular weight is 274 g/mol. The van der Waals surface area contributed by atoms with Gasteiger partial charge in [-0.3, -0.25) is 14.7 Å². The Balaban J connectivity index is 1.88. The maximum Gasteiger partial charge on any atom is 0.197 e. The van der Waals surface area contributed by atoms with Crippen LogP contribution in [-0.4, -0.2) is 21.8 Å². The van der Waals surface area contributed by atoms with Crippen LogP contribution in [0, 0.1) is 0 Å². The lowest BCUT2D eigenvalue weighted by molar-refractivity contribution is 0.0990. The number of carbonyl (C=O) groups excluding carboxylic acids is 2. The molecular weight excluding hydrogens is 264 g/mol. The van der Waals surface area contributed by atoms with Gasteiger partial charge < -0.3 is 0 Å². The van der Waals surface area contributed by atoms with Gasteiger partial charge in [-0.15, -0.1) is 0 Å². The van der Waals surface area contributed by atoms with Crippen molar-refractivity contribution in [3.05, 3.63) is 70.9 Å². The molecule has 0 bridgehead atoms. The molecule has 3 aromatic rings. The molecule has 2 aromatic carbocycles. The van der Waals surface area contributed by atoms with Crippen LogP contribution in [0.25, 0.3) is 17.0 Å². The molecule has 0 saturated carbocycles. The van der Waals surface area contributed by atoms with Crippen molar-refractivity contribution in [1.82, 2.24) is 10.2 Å². The fourth-order valence-electron chi connectivity index (χ4n) is 2.64. The minimum Gasteiger partial charge on any atom is -0.288 e. The summed E-state index contributed by atoms with van der Waals surface area (Å²) in [6, 6.07) is 14.5. The zero-order valence-electron chi connectivity index (χ0n) is 11.0. The summed E-state index contributed by atoms with van der Waals surface area (Å²) in [5.74, 6) is -0.455. The Bertz CT molecular complexity index is 898. The molecule has 0 atom stereocenters. The van der Waals surface area contributed by atoms with Gasteiger partial charge in [0, 0.05) is 16.5 Å². The number of fused-ring (bicyclic) bond motifs is 2. The van der Waals surface area contributed by atoms with E-state index in [9.17, 15) is 9.59 Å². The number of nitrogens with one attached hydrogen (secondary N) is 1. The number of para-hydroxylation sites is 1. The smallest absolute Gasteiger partial charge is 0.197 e. The van der Waals surface area contributed by atoms with E-state index in [-0.39, 0.29) is 17.1 Å². The number of hydrogen-bond acceptors (Lipinski definition) is 3. The topological polar surface area (TPSA) is 62.8 Å². The molecule has 0 amide bonds. The Kier molecular flexibility index (Phi) is 2.38. The van der Waals surface area contributed by atoms with Crippen LogP contribution in [0.15, 0.2) is 54.1 Å². The normalized spacial score (nSPS) is 13.8. The lowest BCUT2D eigenvalue weighted by Gasteiger charge is -1.94. The van der Waals surface area contributed by atoms with Gasteiger partial charge in [0.15, 0.2) is 11.6 Å². The molecule has 4 nitrogen and oxygen atoms in total. The highest BCUT2D eigenvalue weighted by atomic mass is 16.2. The third-order valence-electron chi connectivity index (χ3n) is 3.69. The van der Waals surface area contributed by atoms with E-state index in [4.69, 9.17) is 0 Å². The van der Waals surface area contributed by atoms with Crippen LogP contribution in [0.4, 0.5) is 0 Å². The summed E-state index contributed by atoms with van der Waals surface area (Å²) < 4.78 is 0. The van der Waals surface area contributed by atoms with Crippen molar-refractivity contribution in [3.8, 4) is 0 Å². The first-order valence-electron chi connectivity index (χ1n) is 6.59. The highest BCUT2D eigenvalue weighted by Gasteiger charge is 2.32. The second kappa shape index (κ2) is 4.24. The number of nitrogens with zero attached hydrogens (tertiary/aromatic N) is 1. The summed E-state index contributed by atoms with van der Waals surface area (Å²) in [5, 5.41) is 7.94. The first-order chi connectivity index (χ1) is 10.3. The lowest BCUT2D eigenvalue weighted by atomic mass is 10.1. The molecular formula is C17H10N2O2. The van der Waals surface area contributed by atoms with Crippen molar-refractivity contribution in [3.63, 3.8) is 0 Å². The summed E-state index contributed by atoms with van der Waals surface area (Å²) in [5.41, 5.74) is 2.61. The van der Waals surface area contributed by atoms with Crippen molar-refractivity contribution < 1.29 is 9.59 Å². The van der Waals surface area contributed by atoms with E-state index >= 15 is 0 Å². The molecule has 21 heavy (non-hydrogen) atoms. The van der Waals surface area contributed by atoms with Crippen LogP contribution in [0.5, 0.6) is 0 Å². The molecule has 4 heteroatoms. The number of Topliss-reactive ketones (excluding diaryl/α,β-unsaturated/α-hetero) is 2. The number of carbonyl (C=O) groups is 2. The fourth-order valence-corrected chi connectivity index (χ4v) is 2.64. The molecule has 1 heterocycles. The number of allylic oxidation sites excluding steroid dienone is 1. The lowest BCUT2D eigenvalue weighted by Crippen LogP contribution is -2.00. The van der Waals surface area contributed by atoms with Crippen molar-refractivity contribution >= 4 is 28.5 Å². The number of benzene rings is 2. The Morgan fingerprint density at radius 1 is 0.857 bits per heavy atom. The molecule has 100 valence electrons. The van der Waals surface area contributed by atoms with Crippen molar-refractivity contribution in [2.24, 2.45) is 0 Å². The van der Waals surface area contributed by atoms with Gasteiger partial charge in [0.25, 0.3) is 0 Å². The Morgan fingerprint density at radius 3 is 2.19 bits per heavy atom. The molecule has 0 unspecified atom stereocenters. The summed E-state index contributed by atoms with van der Waals surface area (Å²) in [7, 11) is 0. The zero-order valence-corrected chi connectivity index (χ0v) is 11.0. The van der Waals surface area contributed by atoms with Gasteiger partial charge in [-0.05, 0) is 12.1 Å². The molecule has 1 aromatic heterocycles. The largest absolute Gasteiger partial charge is 0.288 e. The van der Waals surface area contributed by atoms with E-state index in [0.717, 1.165) is 10.9 Å². The van der Waals surface area contributed by atoms with E-state index < -0.39 is 0 Å². The number of hydrogen-bond donors (Lipinski definition) is 1. The van der Waals surface area contributed by atoms with E-state index in [1.807, 2.05) is 24.3 Å². The Morgan fingerprint density at radius 2 is 1.48 bits per heavy atom. The van der Waals surface area contributed by atoms with Crippen molar-refractivity contribution in [1.29, 1.82) is 0 Å². The van der Waals surface area contributed by atoms with Crippen LogP contribution in [0.3, 0.4) is 0 Å². The van der Waals surface area contributed by atoms with Crippen LogP contribution >= 0.6 is 0 Å². The zero-order chi connectivity index (χ0) is 14.4. The molecule has 4 rings (SSSR count). The van der Waals surface area contributed by atoms with Gasteiger partial charge in [0.2, 0.25) is 0 Å². The summed E-state index contributed by atoms with van der Waals surface area (Å²) >= 11 is 0. The Hall–Kier alpha value is -3.01. The molecule has 0 fully saturated rings. The number of aromatic nitrogens is 2. The number of rotatable bonds is 1. The highest BCUT2D eigenvalue weighted by molar-refractivity contribution is 6.41. The van der Waals surface area contributed by atoms with Crippen LogP contribution in [0.1, 0.15) is 26.4 Å². The van der Waals surface area contributed by atoms with Gasteiger partial charge in [-0.1, -0.05) is 42.5 Å². The van der Waals surface area contributed by atoms with E-state index in [0.29, 0.717) is 16.8 Å². The highest BCUT2D eigenvalue weighted by Crippen LogP contribution is 2.28. The third kappa shape index (κ3) is 1.66. The summed E-state index contributed by atoms with van der Waals surface area (Å²) in [4.78, 5) is 24.7. The quantitative estimate of drug-likeness (QED) is 0.548. The predicted molar refractivity (Wildman–Crippen MR) is 79.2 cm³/mol. The van der Waals surface area contributed by atoms with Gasteiger partial charge in [-0.2, -0.15) is 5.10 Å². The number of ketones is 2. The molecule has 0 radical (unpaired) electrons. The van der Waals surface area contributed by atoms with Gasteiger partial charge >= 0.3 is 0 Å². The van der Waals surface area contributed by atoms with Gasteiger partial charge in [0.05, 0.1) is 16.8 Å². The third-order valence-corrected chi connectivity index (χ3v) is 3.69. The fraction of sp³-hybridized carbons (Fsp3) is 0. The second-order valence-electron chi connectivity index (χ2n) is 4.92. The Labute approximate surface area is 120 Å². The number of H-pyrrole nitrogens is 1. The standard InChI is InChI=1S/C17H10N2O2/c20-16-10-5-1-2-6-11(10)17(21)13(16)9-15-12-7-3-4-8-14(12)18-19-15/h1-9H,(H,18,19). The predicted octanol–water partition coefficient (Wildman–Crippen LogP) is 3.03. The molecule has 1 aliphatic carbocycles. The van der Waals surface area contributed by atoms with Gasteiger partial charge in [0.1, 0.15) is 0 Å².